The topological polar surface area (TPSA) is 84.7 Å². The first-order valence-electron chi connectivity index (χ1n) is 5.65. The SMILES string of the molecule is CC(=O)OCc1ncc2n1[C@@H](C)CN(C(=O)O)C2. The molecule has 18 heavy (non-hydrogen) atoms. The highest BCUT2D eigenvalue weighted by Crippen LogP contribution is 2.23. The summed E-state index contributed by atoms with van der Waals surface area (Å²) in [6, 6.07) is -0.0158. The highest BCUT2D eigenvalue weighted by molar-refractivity contribution is 5.66. The van der Waals surface area contributed by atoms with Crippen LogP contribution >= 0.6 is 0 Å². The number of nitrogens with zero attached hydrogens (tertiary/aromatic N) is 3. The van der Waals surface area contributed by atoms with Crippen molar-refractivity contribution in [2.45, 2.75) is 33.0 Å². The van der Waals surface area contributed by atoms with Crippen LogP contribution in [0.4, 0.5) is 4.79 Å². The van der Waals surface area contributed by atoms with Crippen molar-refractivity contribution >= 4 is 12.1 Å². The third kappa shape index (κ3) is 2.29. The number of imidazole rings is 1. The highest BCUT2D eigenvalue weighted by atomic mass is 16.5. The van der Waals surface area contributed by atoms with E-state index < -0.39 is 6.09 Å². The minimum absolute atomic E-state index is 0.0158. The van der Waals surface area contributed by atoms with Crippen LogP contribution in [0.5, 0.6) is 0 Å². The van der Waals surface area contributed by atoms with Crippen molar-refractivity contribution in [1.82, 2.24) is 14.5 Å². The molecule has 1 aromatic heterocycles. The Hall–Kier alpha value is -2.05. The van der Waals surface area contributed by atoms with Crippen LogP contribution in [-0.2, 0) is 22.7 Å². The minimum atomic E-state index is -0.934. The largest absolute Gasteiger partial charge is 0.465 e. The van der Waals surface area contributed by atoms with E-state index in [-0.39, 0.29) is 18.6 Å². The molecule has 1 aromatic rings. The Labute approximate surface area is 104 Å². The summed E-state index contributed by atoms with van der Waals surface area (Å²) in [6.07, 6.45) is 0.695. The lowest BCUT2D eigenvalue weighted by Gasteiger charge is -2.31. The van der Waals surface area contributed by atoms with Gasteiger partial charge in [0.05, 0.1) is 24.5 Å². The number of fused-ring (bicyclic) bond motifs is 1. The Morgan fingerprint density at radius 2 is 2.33 bits per heavy atom. The fraction of sp³-hybridized carbons (Fsp3) is 0.545. The highest BCUT2D eigenvalue weighted by Gasteiger charge is 2.27. The normalized spacial score (nSPS) is 18.3. The Morgan fingerprint density at radius 1 is 1.61 bits per heavy atom. The number of ether oxygens (including phenoxy) is 1. The number of aromatic nitrogens is 2. The molecule has 7 nitrogen and oxygen atoms in total. The minimum Gasteiger partial charge on any atom is -0.465 e. The molecule has 0 saturated heterocycles. The zero-order valence-corrected chi connectivity index (χ0v) is 10.3. The van der Waals surface area contributed by atoms with Gasteiger partial charge in [-0.1, -0.05) is 0 Å². The van der Waals surface area contributed by atoms with Crippen LogP contribution in [0.25, 0.3) is 0 Å². The van der Waals surface area contributed by atoms with Crippen molar-refractivity contribution in [3.8, 4) is 0 Å². The third-order valence-electron chi connectivity index (χ3n) is 2.90. The lowest BCUT2D eigenvalue weighted by molar-refractivity contribution is -0.142. The lowest BCUT2D eigenvalue weighted by atomic mass is 10.2. The molecule has 1 atom stereocenters. The molecular weight excluding hydrogens is 238 g/mol. The number of esters is 1. The maximum atomic E-state index is 11.0. The van der Waals surface area contributed by atoms with Crippen molar-refractivity contribution in [1.29, 1.82) is 0 Å². The van der Waals surface area contributed by atoms with Gasteiger partial charge in [-0.05, 0) is 6.92 Å². The Bertz CT molecular complexity index is 469. The number of hydrogen-bond acceptors (Lipinski definition) is 4. The monoisotopic (exact) mass is 253 g/mol. The maximum Gasteiger partial charge on any atom is 0.407 e. The second-order valence-corrected chi connectivity index (χ2v) is 4.33. The molecule has 0 fully saturated rings. The van der Waals surface area contributed by atoms with Gasteiger partial charge in [0.2, 0.25) is 0 Å². The van der Waals surface area contributed by atoms with Gasteiger partial charge in [-0.3, -0.25) is 4.79 Å². The number of hydrogen-bond donors (Lipinski definition) is 1. The van der Waals surface area contributed by atoms with E-state index in [9.17, 15) is 9.59 Å². The van der Waals surface area contributed by atoms with Gasteiger partial charge in [0.25, 0.3) is 0 Å². The van der Waals surface area contributed by atoms with E-state index in [4.69, 9.17) is 9.84 Å². The van der Waals surface area contributed by atoms with Crippen LogP contribution in [0.1, 0.15) is 31.4 Å². The van der Waals surface area contributed by atoms with E-state index in [0.717, 1.165) is 5.69 Å². The fourth-order valence-corrected chi connectivity index (χ4v) is 2.17. The summed E-state index contributed by atoms with van der Waals surface area (Å²) in [5.41, 5.74) is 0.818. The Morgan fingerprint density at radius 3 is 2.94 bits per heavy atom. The molecule has 1 N–H and O–H groups in total. The van der Waals surface area contributed by atoms with Gasteiger partial charge < -0.3 is 19.3 Å². The van der Waals surface area contributed by atoms with Gasteiger partial charge >= 0.3 is 12.1 Å². The summed E-state index contributed by atoms with van der Waals surface area (Å²) in [5.74, 6) is 0.292. The number of carbonyl (C=O) groups excluding carboxylic acids is 1. The average Bonchev–Trinajstić information content (AvgIpc) is 2.69. The molecule has 1 aliphatic rings. The van der Waals surface area contributed by atoms with Crippen LogP contribution in [-0.4, -0.2) is 38.2 Å². The molecule has 0 saturated carbocycles. The summed E-state index contributed by atoms with van der Waals surface area (Å²) in [6.45, 7) is 4.10. The number of rotatable bonds is 2. The van der Waals surface area contributed by atoms with E-state index >= 15 is 0 Å². The molecule has 0 spiro atoms. The second kappa shape index (κ2) is 4.67. The van der Waals surface area contributed by atoms with Crippen molar-refractivity contribution in [3.05, 3.63) is 17.7 Å². The van der Waals surface area contributed by atoms with Gasteiger partial charge in [-0.25, -0.2) is 9.78 Å². The zero-order chi connectivity index (χ0) is 13.3. The van der Waals surface area contributed by atoms with Gasteiger partial charge in [0.1, 0.15) is 12.4 Å². The summed E-state index contributed by atoms with van der Waals surface area (Å²) in [4.78, 5) is 27.3. The number of carboxylic acid groups (broad SMARTS) is 1. The van der Waals surface area contributed by atoms with Gasteiger partial charge in [0, 0.05) is 13.5 Å². The molecule has 98 valence electrons. The molecule has 7 heteroatoms. The number of amides is 1. The van der Waals surface area contributed by atoms with E-state index in [1.54, 1.807) is 6.20 Å². The first kappa shape index (κ1) is 12.4. The fourth-order valence-electron chi connectivity index (χ4n) is 2.17. The van der Waals surface area contributed by atoms with Crippen molar-refractivity contribution in [2.75, 3.05) is 6.54 Å². The van der Waals surface area contributed by atoms with E-state index in [2.05, 4.69) is 4.98 Å². The first-order valence-corrected chi connectivity index (χ1v) is 5.65. The van der Waals surface area contributed by atoms with Gasteiger partial charge in [-0.15, -0.1) is 0 Å². The van der Waals surface area contributed by atoms with Crippen molar-refractivity contribution < 1.29 is 19.4 Å². The molecule has 2 heterocycles. The Balaban J connectivity index is 2.20. The van der Waals surface area contributed by atoms with Crippen LogP contribution in [0.15, 0.2) is 6.20 Å². The Kier molecular flexibility index (Phi) is 3.22. The first-order chi connectivity index (χ1) is 8.49. The van der Waals surface area contributed by atoms with Gasteiger partial charge in [-0.2, -0.15) is 0 Å². The summed E-state index contributed by atoms with van der Waals surface area (Å²) in [5, 5.41) is 8.99. The molecule has 0 bridgehead atoms. The van der Waals surface area contributed by atoms with Crippen molar-refractivity contribution in [2.24, 2.45) is 0 Å². The molecule has 1 amide bonds. The molecule has 0 radical (unpaired) electrons. The summed E-state index contributed by atoms with van der Waals surface area (Å²) < 4.78 is 6.86. The van der Waals surface area contributed by atoms with Crippen LogP contribution < -0.4 is 0 Å². The summed E-state index contributed by atoms with van der Waals surface area (Å²) >= 11 is 0. The van der Waals surface area contributed by atoms with Crippen LogP contribution in [0.3, 0.4) is 0 Å². The van der Waals surface area contributed by atoms with Crippen molar-refractivity contribution in [3.63, 3.8) is 0 Å². The van der Waals surface area contributed by atoms with E-state index in [1.165, 1.54) is 11.8 Å². The van der Waals surface area contributed by atoms with E-state index in [0.29, 0.717) is 18.9 Å². The average molecular weight is 253 g/mol. The maximum absolute atomic E-state index is 11.0. The van der Waals surface area contributed by atoms with Gasteiger partial charge in [0.15, 0.2) is 0 Å². The molecule has 0 aromatic carbocycles. The molecule has 0 aliphatic carbocycles. The molecule has 2 rings (SSSR count). The zero-order valence-electron chi connectivity index (χ0n) is 10.3. The van der Waals surface area contributed by atoms with Crippen LogP contribution in [0, 0.1) is 0 Å². The molecule has 0 unspecified atom stereocenters. The quantitative estimate of drug-likeness (QED) is 0.795. The van der Waals surface area contributed by atoms with E-state index in [1.807, 2.05) is 11.5 Å². The number of carbonyl (C=O) groups is 2. The second-order valence-electron chi connectivity index (χ2n) is 4.33. The third-order valence-corrected chi connectivity index (χ3v) is 2.90. The standard InChI is InChI=1S/C11H15N3O4/c1-7-4-13(11(16)17)5-9-3-12-10(14(7)9)6-18-8(2)15/h3,7H,4-6H2,1-2H3,(H,16,17)/t7-/m0/s1. The molecular formula is C11H15N3O4. The van der Waals surface area contributed by atoms with Crippen LogP contribution in [0.2, 0.25) is 0 Å². The lowest BCUT2D eigenvalue weighted by Crippen LogP contribution is -2.39. The summed E-state index contributed by atoms with van der Waals surface area (Å²) in [7, 11) is 0. The predicted molar refractivity (Wildman–Crippen MR) is 60.8 cm³/mol. The molecule has 1 aliphatic heterocycles. The smallest absolute Gasteiger partial charge is 0.407 e. The predicted octanol–water partition coefficient (Wildman–Crippen LogP) is 1.00.